The van der Waals surface area contributed by atoms with Crippen molar-refractivity contribution in [3.05, 3.63) is 35.9 Å². The zero-order valence-corrected chi connectivity index (χ0v) is 16.0. The van der Waals surface area contributed by atoms with E-state index in [2.05, 4.69) is 29.2 Å². The summed E-state index contributed by atoms with van der Waals surface area (Å²) in [6.45, 7) is 6.83. The first-order chi connectivity index (χ1) is 12.7. The minimum absolute atomic E-state index is 0.110. The normalized spacial score (nSPS) is 18.8. The molecule has 0 aliphatic carbocycles. The van der Waals surface area contributed by atoms with Crippen molar-refractivity contribution in [2.45, 2.75) is 6.54 Å². The van der Waals surface area contributed by atoms with Crippen molar-refractivity contribution in [3.63, 3.8) is 0 Å². The van der Waals surface area contributed by atoms with Crippen LogP contribution in [0.5, 0.6) is 0 Å². The zero-order valence-electron chi connectivity index (χ0n) is 15.1. The summed E-state index contributed by atoms with van der Waals surface area (Å²) in [6.07, 6.45) is 0. The van der Waals surface area contributed by atoms with Crippen LogP contribution in [0, 0.1) is 0 Å². The third kappa shape index (κ3) is 5.72. The highest BCUT2D eigenvalue weighted by molar-refractivity contribution is 8.00. The Morgan fingerprint density at radius 3 is 2.04 bits per heavy atom. The van der Waals surface area contributed by atoms with Gasteiger partial charge in [-0.2, -0.15) is 0 Å². The molecule has 142 valence electrons. The van der Waals surface area contributed by atoms with Crippen molar-refractivity contribution in [1.82, 2.24) is 14.7 Å². The summed E-state index contributed by atoms with van der Waals surface area (Å²) >= 11 is 1.42. The van der Waals surface area contributed by atoms with Gasteiger partial charge >= 0.3 is 0 Å². The third-order valence-electron chi connectivity index (χ3n) is 4.79. The van der Waals surface area contributed by atoms with Crippen LogP contribution in [0.25, 0.3) is 0 Å². The molecule has 0 spiro atoms. The van der Waals surface area contributed by atoms with Crippen molar-refractivity contribution >= 4 is 23.6 Å². The second kappa shape index (κ2) is 9.94. The predicted molar refractivity (Wildman–Crippen MR) is 103 cm³/mol. The number of thioether (sulfide) groups is 1. The molecule has 7 heteroatoms. The summed E-state index contributed by atoms with van der Waals surface area (Å²) < 4.78 is 5.25. The number of benzene rings is 1. The van der Waals surface area contributed by atoms with Crippen LogP contribution in [0.15, 0.2) is 30.3 Å². The molecule has 26 heavy (non-hydrogen) atoms. The van der Waals surface area contributed by atoms with Gasteiger partial charge in [-0.1, -0.05) is 30.3 Å². The topological polar surface area (TPSA) is 53.1 Å². The lowest BCUT2D eigenvalue weighted by atomic mass is 10.2. The van der Waals surface area contributed by atoms with Gasteiger partial charge < -0.3 is 14.5 Å². The minimum atomic E-state index is 0.110. The molecule has 2 saturated heterocycles. The number of hydrogen-bond acceptors (Lipinski definition) is 5. The molecule has 0 atom stereocenters. The summed E-state index contributed by atoms with van der Waals surface area (Å²) in [5, 5.41) is 0. The van der Waals surface area contributed by atoms with Crippen LogP contribution >= 0.6 is 11.8 Å². The Kier molecular flexibility index (Phi) is 7.34. The molecule has 2 aliphatic rings. The maximum absolute atomic E-state index is 12.4. The van der Waals surface area contributed by atoms with E-state index in [9.17, 15) is 9.59 Å². The van der Waals surface area contributed by atoms with Gasteiger partial charge in [0.15, 0.2) is 0 Å². The Morgan fingerprint density at radius 1 is 0.846 bits per heavy atom. The van der Waals surface area contributed by atoms with Crippen LogP contribution in [0.1, 0.15) is 5.56 Å². The maximum atomic E-state index is 12.4. The molecular formula is C19H27N3O3S. The molecular weight excluding hydrogens is 350 g/mol. The van der Waals surface area contributed by atoms with E-state index >= 15 is 0 Å². The van der Waals surface area contributed by atoms with E-state index in [1.807, 2.05) is 15.9 Å². The molecule has 0 bridgehead atoms. The van der Waals surface area contributed by atoms with Crippen LogP contribution in [-0.4, -0.2) is 90.5 Å². The Bertz CT molecular complexity index is 585. The smallest absolute Gasteiger partial charge is 0.232 e. The number of nitrogens with zero attached hydrogens (tertiary/aromatic N) is 3. The zero-order chi connectivity index (χ0) is 18.2. The molecule has 3 rings (SSSR count). The van der Waals surface area contributed by atoms with Crippen LogP contribution < -0.4 is 0 Å². The van der Waals surface area contributed by atoms with Gasteiger partial charge in [-0.3, -0.25) is 14.5 Å². The van der Waals surface area contributed by atoms with E-state index in [0.717, 1.165) is 32.7 Å². The number of hydrogen-bond donors (Lipinski definition) is 0. The Balaban J connectivity index is 1.32. The molecule has 0 radical (unpaired) electrons. The largest absolute Gasteiger partial charge is 0.378 e. The van der Waals surface area contributed by atoms with Gasteiger partial charge in [0.05, 0.1) is 24.7 Å². The van der Waals surface area contributed by atoms with Gasteiger partial charge in [-0.15, -0.1) is 11.8 Å². The lowest BCUT2D eigenvalue weighted by Crippen LogP contribution is -2.49. The fourth-order valence-electron chi connectivity index (χ4n) is 3.22. The van der Waals surface area contributed by atoms with Crippen molar-refractivity contribution in [3.8, 4) is 0 Å². The molecule has 0 N–H and O–H groups in total. The molecule has 2 aliphatic heterocycles. The third-order valence-corrected chi connectivity index (χ3v) is 5.69. The highest BCUT2D eigenvalue weighted by Gasteiger charge is 2.22. The van der Waals surface area contributed by atoms with Crippen LogP contribution in [0.4, 0.5) is 0 Å². The average Bonchev–Trinajstić information content (AvgIpc) is 2.70. The van der Waals surface area contributed by atoms with Crippen molar-refractivity contribution in [2.75, 3.05) is 64.0 Å². The van der Waals surface area contributed by atoms with Crippen molar-refractivity contribution in [2.24, 2.45) is 0 Å². The lowest BCUT2D eigenvalue weighted by molar-refractivity contribution is -0.132. The van der Waals surface area contributed by atoms with E-state index in [-0.39, 0.29) is 11.8 Å². The summed E-state index contributed by atoms with van der Waals surface area (Å²) in [5.74, 6) is 1.01. The van der Waals surface area contributed by atoms with Gasteiger partial charge in [-0.05, 0) is 5.56 Å². The summed E-state index contributed by atoms with van der Waals surface area (Å²) in [5.41, 5.74) is 1.31. The number of carbonyl (C=O) groups excluding carboxylic acids is 2. The Hall–Kier alpha value is -1.57. The summed E-state index contributed by atoms with van der Waals surface area (Å²) in [4.78, 5) is 30.6. The van der Waals surface area contributed by atoms with Gasteiger partial charge in [0.1, 0.15) is 0 Å². The fraction of sp³-hybridized carbons (Fsp3) is 0.579. The molecule has 0 aromatic heterocycles. The SMILES string of the molecule is O=C(CSCC(=O)N1CCN(Cc2ccccc2)CC1)N1CCOCC1. The van der Waals surface area contributed by atoms with E-state index in [0.29, 0.717) is 37.8 Å². The molecule has 0 saturated carbocycles. The first kappa shape index (κ1) is 19.2. The molecule has 2 heterocycles. The van der Waals surface area contributed by atoms with Crippen LogP contribution in [0.3, 0.4) is 0 Å². The Labute approximate surface area is 159 Å². The maximum Gasteiger partial charge on any atom is 0.232 e. The number of amides is 2. The molecule has 6 nitrogen and oxygen atoms in total. The monoisotopic (exact) mass is 377 g/mol. The van der Waals surface area contributed by atoms with Crippen LogP contribution in [-0.2, 0) is 20.9 Å². The average molecular weight is 378 g/mol. The highest BCUT2D eigenvalue weighted by atomic mass is 32.2. The van der Waals surface area contributed by atoms with Gasteiger partial charge in [0.25, 0.3) is 0 Å². The van der Waals surface area contributed by atoms with Gasteiger partial charge in [0.2, 0.25) is 11.8 Å². The summed E-state index contributed by atoms with van der Waals surface area (Å²) in [6, 6.07) is 10.4. The fourth-order valence-corrected chi connectivity index (χ4v) is 4.03. The number of rotatable bonds is 6. The lowest BCUT2D eigenvalue weighted by Gasteiger charge is -2.34. The Morgan fingerprint density at radius 2 is 1.42 bits per heavy atom. The van der Waals surface area contributed by atoms with E-state index in [4.69, 9.17) is 4.74 Å². The molecule has 0 unspecified atom stereocenters. The van der Waals surface area contributed by atoms with Crippen LogP contribution in [0.2, 0.25) is 0 Å². The predicted octanol–water partition coefficient (Wildman–Crippen LogP) is 0.923. The first-order valence-electron chi connectivity index (χ1n) is 9.20. The molecule has 1 aromatic rings. The number of morpholine rings is 1. The quantitative estimate of drug-likeness (QED) is 0.738. The molecule has 2 amide bonds. The van der Waals surface area contributed by atoms with E-state index < -0.39 is 0 Å². The summed E-state index contributed by atoms with van der Waals surface area (Å²) in [7, 11) is 0. The highest BCUT2D eigenvalue weighted by Crippen LogP contribution is 2.11. The standard InChI is InChI=1S/C19H27N3O3S/c23-18(15-26-16-19(24)22-10-12-25-13-11-22)21-8-6-20(7-9-21)14-17-4-2-1-3-5-17/h1-5H,6-16H2. The second-order valence-electron chi connectivity index (χ2n) is 6.63. The van der Waals surface area contributed by atoms with Gasteiger partial charge in [-0.25, -0.2) is 0 Å². The molecule has 1 aromatic carbocycles. The van der Waals surface area contributed by atoms with Crippen molar-refractivity contribution < 1.29 is 14.3 Å². The number of piperazine rings is 1. The first-order valence-corrected chi connectivity index (χ1v) is 10.3. The van der Waals surface area contributed by atoms with E-state index in [1.54, 1.807) is 0 Å². The van der Waals surface area contributed by atoms with Gasteiger partial charge in [0, 0.05) is 45.8 Å². The minimum Gasteiger partial charge on any atom is -0.378 e. The second-order valence-corrected chi connectivity index (χ2v) is 7.61. The van der Waals surface area contributed by atoms with Crippen molar-refractivity contribution in [1.29, 1.82) is 0 Å². The van der Waals surface area contributed by atoms with E-state index in [1.165, 1.54) is 17.3 Å². The number of carbonyl (C=O) groups is 2. The number of ether oxygens (including phenoxy) is 1. The molecule has 2 fully saturated rings.